The number of halogens is 1. The third-order valence-electron chi connectivity index (χ3n) is 2.65. The summed E-state index contributed by atoms with van der Waals surface area (Å²) in [6, 6.07) is 8.16. The molecule has 1 aromatic carbocycles. The van der Waals surface area contributed by atoms with Gasteiger partial charge in [0.25, 0.3) is 0 Å². The van der Waals surface area contributed by atoms with E-state index >= 15 is 0 Å². The van der Waals surface area contributed by atoms with Gasteiger partial charge in [-0.25, -0.2) is 0 Å². The maximum Gasteiger partial charge on any atom is 0.0670 e. The quantitative estimate of drug-likeness (QED) is 0.838. The molecule has 0 aliphatic rings. The molecule has 17 heavy (non-hydrogen) atoms. The van der Waals surface area contributed by atoms with Crippen molar-refractivity contribution < 1.29 is 4.74 Å². The first-order valence-electron chi connectivity index (χ1n) is 5.83. The molecule has 0 heterocycles. The van der Waals surface area contributed by atoms with Crippen LogP contribution in [0.25, 0.3) is 0 Å². The van der Waals surface area contributed by atoms with Crippen LogP contribution < -0.4 is 5.32 Å². The number of methoxy groups -OCH3 is 1. The van der Waals surface area contributed by atoms with Gasteiger partial charge >= 0.3 is 0 Å². The Morgan fingerprint density at radius 1 is 1.41 bits per heavy atom. The SMILES string of the molecule is COC(C)CN(C)CCNc1ccccc1Br. The van der Waals surface area contributed by atoms with E-state index in [9.17, 15) is 0 Å². The van der Waals surface area contributed by atoms with E-state index in [1.54, 1.807) is 7.11 Å². The van der Waals surface area contributed by atoms with Crippen molar-refractivity contribution in [2.24, 2.45) is 0 Å². The molecular weight excluding hydrogens is 280 g/mol. The van der Waals surface area contributed by atoms with E-state index in [1.807, 2.05) is 18.2 Å². The molecule has 0 aliphatic carbocycles. The van der Waals surface area contributed by atoms with E-state index < -0.39 is 0 Å². The standard InChI is InChI=1S/C13H21BrN2O/c1-11(17-3)10-16(2)9-8-15-13-7-5-4-6-12(13)14/h4-7,11,15H,8-10H2,1-3H3. The Bertz CT molecular complexity index is 333. The smallest absolute Gasteiger partial charge is 0.0670 e. The van der Waals surface area contributed by atoms with E-state index in [-0.39, 0.29) is 6.10 Å². The number of rotatable bonds is 7. The fourth-order valence-corrected chi connectivity index (χ4v) is 2.02. The van der Waals surface area contributed by atoms with Crippen LogP contribution in [0.15, 0.2) is 28.7 Å². The topological polar surface area (TPSA) is 24.5 Å². The van der Waals surface area contributed by atoms with Crippen LogP contribution >= 0.6 is 15.9 Å². The minimum Gasteiger partial charge on any atom is -0.383 e. The third kappa shape index (κ3) is 5.52. The highest BCUT2D eigenvalue weighted by Crippen LogP contribution is 2.20. The van der Waals surface area contributed by atoms with E-state index in [2.05, 4.69) is 46.2 Å². The zero-order chi connectivity index (χ0) is 12.7. The number of hydrogen-bond donors (Lipinski definition) is 1. The summed E-state index contributed by atoms with van der Waals surface area (Å²) in [6.07, 6.45) is 0.281. The molecule has 0 saturated heterocycles. The van der Waals surface area contributed by atoms with Crippen molar-refractivity contribution in [3.63, 3.8) is 0 Å². The number of ether oxygens (including phenoxy) is 1. The van der Waals surface area contributed by atoms with Crippen molar-refractivity contribution in [3.8, 4) is 0 Å². The molecule has 0 spiro atoms. The van der Waals surface area contributed by atoms with Gasteiger partial charge in [0.2, 0.25) is 0 Å². The largest absolute Gasteiger partial charge is 0.383 e. The summed E-state index contributed by atoms with van der Waals surface area (Å²) in [5.74, 6) is 0. The van der Waals surface area contributed by atoms with Gasteiger partial charge < -0.3 is 15.0 Å². The van der Waals surface area contributed by atoms with E-state index in [0.29, 0.717) is 0 Å². The summed E-state index contributed by atoms with van der Waals surface area (Å²) in [5, 5.41) is 3.41. The molecule has 0 amide bonds. The zero-order valence-corrected chi connectivity index (χ0v) is 12.3. The van der Waals surface area contributed by atoms with Crippen molar-refractivity contribution in [2.75, 3.05) is 39.1 Å². The number of hydrogen-bond acceptors (Lipinski definition) is 3. The van der Waals surface area contributed by atoms with Gasteiger partial charge in [-0.1, -0.05) is 12.1 Å². The molecule has 0 fully saturated rings. The lowest BCUT2D eigenvalue weighted by molar-refractivity contribution is 0.0869. The minimum absolute atomic E-state index is 0.281. The molecule has 4 heteroatoms. The maximum absolute atomic E-state index is 5.23. The van der Waals surface area contributed by atoms with Crippen LogP contribution in [0.3, 0.4) is 0 Å². The molecule has 0 bridgehead atoms. The summed E-state index contributed by atoms with van der Waals surface area (Å²) < 4.78 is 6.34. The first-order chi connectivity index (χ1) is 8.13. The number of likely N-dealkylation sites (N-methyl/N-ethyl adjacent to an activating group) is 1. The van der Waals surface area contributed by atoms with E-state index in [0.717, 1.165) is 29.8 Å². The molecule has 1 aromatic rings. The van der Waals surface area contributed by atoms with Gasteiger partial charge in [0, 0.05) is 36.9 Å². The average Bonchev–Trinajstić information content (AvgIpc) is 2.31. The van der Waals surface area contributed by atoms with E-state index in [1.165, 1.54) is 0 Å². The van der Waals surface area contributed by atoms with Gasteiger partial charge in [0.1, 0.15) is 0 Å². The molecule has 1 unspecified atom stereocenters. The van der Waals surface area contributed by atoms with Crippen molar-refractivity contribution >= 4 is 21.6 Å². The normalized spacial score (nSPS) is 12.8. The highest BCUT2D eigenvalue weighted by atomic mass is 79.9. The van der Waals surface area contributed by atoms with Crippen molar-refractivity contribution in [1.82, 2.24) is 4.90 Å². The van der Waals surface area contributed by atoms with Crippen LogP contribution in [-0.2, 0) is 4.74 Å². The number of para-hydroxylation sites is 1. The van der Waals surface area contributed by atoms with Crippen LogP contribution in [0, 0.1) is 0 Å². The summed E-state index contributed by atoms with van der Waals surface area (Å²) >= 11 is 3.52. The molecule has 3 nitrogen and oxygen atoms in total. The number of nitrogens with zero attached hydrogens (tertiary/aromatic N) is 1. The first-order valence-corrected chi connectivity index (χ1v) is 6.62. The molecule has 1 rings (SSSR count). The lowest BCUT2D eigenvalue weighted by Crippen LogP contribution is -2.32. The van der Waals surface area contributed by atoms with Gasteiger partial charge in [0.15, 0.2) is 0 Å². The Hall–Kier alpha value is -0.580. The average molecular weight is 301 g/mol. The highest BCUT2D eigenvalue weighted by molar-refractivity contribution is 9.10. The summed E-state index contributed by atoms with van der Waals surface area (Å²) in [7, 11) is 3.86. The highest BCUT2D eigenvalue weighted by Gasteiger charge is 2.04. The van der Waals surface area contributed by atoms with Gasteiger partial charge in [-0.3, -0.25) is 0 Å². The molecule has 0 aromatic heterocycles. The molecular formula is C13H21BrN2O. The Morgan fingerprint density at radius 2 is 2.12 bits per heavy atom. The molecule has 0 radical (unpaired) electrons. The van der Waals surface area contributed by atoms with Gasteiger partial charge in [-0.15, -0.1) is 0 Å². The van der Waals surface area contributed by atoms with Crippen molar-refractivity contribution in [1.29, 1.82) is 0 Å². The third-order valence-corrected chi connectivity index (χ3v) is 3.35. The van der Waals surface area contributed by atoms with Crippen LogP contribution in [-0.4, -0.2) is 44.8 Å². The second kappa shape index (κ2) is 7.69. The summed E-state index contributed by atoms with van der Waals surface area (Å²) in [5.41, 5.74) is 1.14. The van der Waals surface area contributed by atoms with Crippen LogP contribution in [0.4, 0.5) is 5.69 Å². The number of anilines is 1. The molecule has 0 saturated carbocycles. The predicted octanol–water partition coefficient (Wildman–Crippen LogP) is 2.83. The lowest BCUT2D eigenvalue weighted by Gasteiger charge is -2.20. The summed E-state index contributed by atoms with van der Waals surface area (Å²) in [4.78, 5) is 2.26. The predicted molar refractivity (Wildman–Crippen MR) is 76.6 cm³/mol. The lowest BCUT2D eigenvalue weighted by atomic mass is 10.3. The van der Waals surface area contributed by atoms with Crippen LogP contribution in [0.5, 0.6) is 0 Å². The summed E-state index contributed by atoms with van der Waals surface area (Å²) in [6.45, 7) is 4.95. The Balaban J connectivity index is 2.26. The van der Waals surface area contributed by atoms with Crippen LogP contribution in [0.2, 0.25) is 0 Å². The van der Waals surface area contributed by atoms with E-state index in [4.69, 9.17) is 4.74 Å². The van der Waals surface area contributed by atoms with Gasteiger partial charge in [-0.05, 0) is 42.0 Å². The molecule has 1 N–H and O–H groups in total. The van der Waals surface area contributed by atoms with Gasteiger partial charge in [-0.2, -0.15) is 0 Å². The van der Waals surface area contributed by atoms with Crippen LogP contribution in [0.1, 0.15) is 6.92 Å². The Morgan fingerprint density at radius 3 is 2.76 bits per heavy atom. The molecule has 1 atom stereocenters. The Labute approximate surface area is 112 Å². The second-order valence-corrected chi connectivity index (χ2v) is 5.07. The number of nitrogens with one attached hydrogen (secondary N) is 1. The molecule has 96 valence electrons. The maximum atomic E-state index is 5.23. The van der Waals surface area contributed by atoms with Gasteiger partial charge in [0.05, 0.1) is 6.10 Å². The van der Waals surface area contributed by atoms with Crippen molar-refractivity contribution in [3.05, 3.63) is 28.7 Å². The Kier molecular flexibility index (Phi) is 6.55. The number of benzene rings is 1. The fourth-order valence-electron chi connectivity index (χ4n) is 1.59. The minimum atomic E-state index is 0.281. The second-order valence-electron chi connectivity index (χ2n) is 4.22. The molecule has 0 aliphatic heterocycles. The fraction of sp³-hybridized carbons (Fsp3) is 0.538. The van der Waals surface area contributed by atoms with Crippen molar-refractivity contribution in [2.45, 2.75) is 13.0 Å². The zero-order valence-electron chi connectivity index (χ0n) is 10.7. The first kappa shape index (κ1) is 14.5. The monoisotopic (exact) mass is 300 g/mol.